The number of carbonyl (C=O) groups excluding carboxylic acids is 2. The van der Waals surface area contributed by atoms with Crippen LogP contribution in [0.1, 0.15) is 46.0 Å². The molecule has 0 radical (unpaired) electrons. The van der Waals surface area contributed by atoms with Crippen molar-refractivity contribution in [1.29, 1.82) is 0 Å². The fourth-order valence-corrected chi connectivity index (χ4v) is 7.21. The number of carbonyl (C=O) groups is 2. The van der Waals surface area contributed by atoms with Crippen molar-refractivity contribution >= 4 is 11.9 Å². The average molecular weight is 332 g/mol. The van der Waals surface area contributed by atoms with Crippen molar-refractivity contribution in [2.45, 2.75) is 46.0 Å². The summed E-state index contributed by atoms with van der Waals surface area (Å²) in [5.41, 5.74) is 0.611. The van der Waals surface area contributed by atoms with Crippen molar-refractivity contribution in [2.75, 3.05) is 13.2 Å². The fraction of sp³-hybridized carbons (Fsp3) is 0.800. The van der Waals surface area contributed by atoms with Crippen LogP contribution in [0.5, 0.6) is 0 Å². The molecule has 4 fully saturated rings. The maximum atomic E-state index is 12.5. The van der Waals surface area contributed by atoms with Gasteiger partial charge in [-0.25, -0.2) is 4.79 Å². The normalized spacial score (nSPS) is 44.4. The molecule has 0 aromatic rings. The molecule has 7 atom stereocenters. The predicted molar refractivity (Wildman–Crippen MR) is 88.9 cm³/mol. The molecule has 0 amide bonds. The second kappa shape index (κ2) is 5.60. The second-order valence-corrected chi connectivity index (χ2v) is 8.12. The van der Waals surface area contributed by atoms with E-state index in [1.807, 2.05) is 13.8 Å². The molecule has 0 N–H and O–H groups in total. The Balaban J connectivity index is 1.67. The quantitative estimate of drug-likeness (QED) is 0.440. The molecule has 0 heterocycles. The molecular weight excluding hydrogens is 304 g/mol. The van der Waals surface area contributed by atoms with Crippen LogP contribution in [0.15, 0.2) is 12.2 Å². The van der Waals surface area contributed by atoms with Crippen molar-refractivity contribution < 1.29 is 19.1 Å². The van der Waals surface area contributed by atoms with E-state index >= 15 is 0 Å². The molecule has 0 spiro atoms. The van der Waals surface area contributed by atoms with E-state index in [9.17, 15) is 9.59 Å². The van der Waals surface area contributed by atoms with E-state index in [1.165, 1.54) is 19.3 Å². The minimum Gasteiger partial charge on any atom is -0.466 e. The molecule has 4 aliphatic carbocycles. The molecule has 24 heavy (non-hydrogen) atoms. The highest BCUT2D eigenvalue weighted by Crippen LogP contribution is 2.77. The number of hydrogen-bond donors (Lipinski definition) is 0. The van der Waals surface area contributed by atoms with E-state index in [-0.39, 0.29) is 23.3 Å². The van der Waals surface area contributed by atoms with Gasteiger partial charge in [0, 0.05) is 11.0 Å². The predicted octanol–water partition coefficient (Wildman–Crippen LogP) is 3.36. The Labute approximate surface area is 144 Å². The molecular formula is C20H28O4. The largest absolute Gasteiger partial charge is 0.466 e. The van der Waals surface area contributed by atoms with Gasteiger partial charge in [-0.1, -0.05) is 6.58 Å². The lowest BCUT2D eigenvalue weighted by molar-refractivity contribution is -0.153. The lowest BCUT2D eigenvalue weighted by atomic mass is 9.54. The van der Waals surface area contributed by atoms with Crippen LogP contribution in [-0.2, 0) is 19.1 Å². The van der Waals surface area contributed by atoms with Crippen LogP contribution in [0, 0.1) is 40.9 Å². The van der Waals surface area contributed by atoms with Crippen molar-refractivity contribution in [3.63, 3.8) is 0 Å². The van der Waals surface area contributed by atoms with E-state index in [0.29, 0.717) is 48.4 Å². The van der Waals surface area contributed by atoms with Gasteiger partial charge in [0.1, 0.15) is 0 Å². The van der Waals surface area contributed by atoms with Crippen molar-refractivity contribution in [2.24, 2.45) is 40.9 Å². The molecule has 0 aromatic heterocycles. The number of hydrogen-bond acceptors (Lipinski definition) is 4. The summed E-state index contributed by atoms with van der Waals surface area (Å²) in [5.74, 6) is 2.20. The summed E-state index contributed by atoms with van der Waals surface area (Å²) in [6.07, 6.45) is 5.56. The molecule has 4 saturated carbocycles. The topological polar surface area (TPSA) is 52.6 Å². The monoisotopic (exact) mass is 332 g/mol. The van der Waals surface area contributed by atoms with Crippen LogP contribution in [0.2, 0.25) is 0 Å². The van der Waals surface area contributed by atoms with Crippen LogP contribution in [0.4, 0.5) is 0 Å². The van der Waals surface area contributed by atoms with E-state index in [1.54, 1.807) is 0 Å². The van der Waals surface area contributed by atoms with Gasteiger partial charge >= 0.3 is 11.9 Å². The van der Waals surface area contributed by atoms with E-state index in [0.717, 1.165) is 12.8 Å². The van der Waals surface area contributed by atoms with Gasteiger partial charge in [-0.15, -0.1) is 0 Å². The van der Waals surface area contributed by atoms with Gasteiger partial charge < -0.3 is 9.47 Å². The Morgan fingerprint density at radius 3 is 2.50 bits per heavy atom. The molecule has 0 aliphatic heterocycles. The van der Waals surface area contributed by atoms with Gasteiger partial charge in [-0.3, -0.25) is 4.79 Å². The Kier molecular flexibility index (Phi) is 3.77. The number of esters is 2. The highest BCUT2D eigenvalue weighted by molar-refractivity contribution is 5.90. The third kappa shape index (κ3) is 1.86. The third-order valence-electron chi connectivity index (χ3n) is 7.59. The van der Waals surface area contributed by atoms with Crippen LogP contribution < -0.4 is 0 Å². The van der Waals surface area contributed by atoms with Gasteiger partial charge in [0.05, 0.1) is 19.1 Å². The zero-order valence-electron chi connectivity index (χ0n) is 14.8. The molecule has 4 nitrogen and oxygen atoms in total. The first-order valence-electron chi connectivity index (χ1n) is 9.58. The summed E-state index contributed by atoms with van der Waals surface area (Å²) in [6.45, 7) is 8.80. The van der Waals surface area contributed by atoms with Crippen LogP contribution in [0.3, 0.4) is 0 Å². The van der Waals surface area contributed by atoms with Crippen LogP contribution >= 0.6 is 0 Å². The average Bonchev–Trinajstić information content (AvgIpc) is 3.31. The smallest absolute Gasteiger partial charge is 0.333 e. The summed E-state index contributed by atoms with van der Waals surface area (Å²) in [4.78, 5) is 24.9. The molecule has 4 bridgehead atoms. The number of fused-ring (bicyclic) bond motifs is 9. The summed E-state index contributed by atoms with van der Waals surface area (Å²) in [7, 11) is 0. The van der Waals surface area contributed by atoms with Crippen molar-refractivity contribution in [1.82, 2.24) is 0 Å². The first-order chi connectivity index (χ1) is 11.6. The zero-order chi connectivity index (χ0) is 17.1. The highest BCUT2D eigenvalue weighted by atomic mass is 16.5. The van der Waals surface area contributed by atoms with Gasteiger partial charge in [0.2, 0.25) is 0 Å². The minimum absolute atomic E-state index is 0.0249. The Morgan fingerprint density at radius 1 is 1.04 bits per heavy atom. The van der Waals surface area contributed by atoms with Crippen molar-refractivity contribution in [3.8, 4) is 0 Å². The van der Waals surface area contributed by atoms with E-state index < -0.39 is 0 Å². The molecule has 4 heteroatoms. The van der Waals surface area contributed by atoms with Gasteiger partial charge in [-0.05, 0) is 75.5 Å². The van der Waals surface area contributed by atoms with Gasteiger partial charge in [-0.2, -0.15) is 0 Å². The molecule has 7 unspecified atom stereocenters. The second-order valence-electron chi connectivity index (χ2n) is 8.12. The maximum absolute atomic E-state index is 12.5. The maximum Gasteiger partial charge on any atom is 0.333 e. The fourth-order valence-electron chi connectivity index (χ4n) is 7.21. The zero-order valence-corrected chi connectivity index (χ0v) is 14.8. The first-order valence-corrected chi connectivity index (χ1v) is 9.58. The SMILES string of the molecule is C=C(C(=O)OCC)C12C3CCC(C3)C1C1CC2CC1C(=O)OCC. The molecule has 0 saturated heterocycles. The first kappa shape index (κ1) is 16.2. The standard InChI is InChI=1S/C20H28O4/c1-4-23-18(21)11(3)20-13-7-6-12(8-13)17(20)15-9-14(20)10-16(15)19(22)24-5-2/h12-17H,3-10H2,1-2H3. The summed E-state index contributed by atoms with van der Waals surface area (Å²) in [6, 6.07) is 0. The molecule has 0 aromatic carbocycles. The molecule has 4 rings (SSSR count). The Morgan fingerprint density at radius 2 is 1.79 bits per heavy atom. The Hall–Kier alpha value is -1.32. The number of rotatable bonds is 5. The third-order valence-corrected chi connectivity index (χ3v) is 7.59. The Bertz CT molecular complexity index is 582. The van der Waals surface area contributed by atoms with Crippen LogP contribution in [-0.4, -0.2) is 25.2 Å². The lowest BCUT2D eigenvalue weighted by Gasteiger charge is -2.49. The minimum atomic E-state index is -0.213. The molecule has 132 valence electrons. The summed E-state index contributed by atoms with van der Waals surface area (Å²) < 4.78 is 10.7. The van der Waals surface area contributed by atoms with E-state index in [2.05, 4.69) is 6.58 Å². The van der Waals surface area contributed by atoms with Crippen LogP contribution in [0.25, 0.3) is 0 Å². The lowest BCUT2D eigenvalue weighted by Crippen LogP contribution is -2.48. The van der Waals surface area contributed by atoms with Gasteiger partial charge in [0.25, 0.3) is 0 Å². The highest BCUT2D eigenvalue weighted by Gasteiger charge is 2.73. The summed E-state index contributed by atoms with van der Waals surface area (Å²) >= 11 is 0. The van der Waals surface area contributed by atoms with Gasteiger partial charge in [0.15, 0.2) is 0 Å². The van der Waals surface area contributed by atoms with Crippen molar-refractivity contribution in [3.05, 3.63) is 12.2 Å². The molecule has 4 aliphatic rings. The van der Waals surface area contributed by atoms with E-state index in [4.69, 9.17) is 9.47 Å². The summed E-state index contributed by atoms with van der Waals surface area (Å²) in [5, 5.41) is 0. The number of ether oxygens (including phenoxy) is 2.